The summed E-state index contributed by atoms with van der Waals surface area (Å²) in [5.41, 5.74) is 3.46. The van der Waals surface area contributed by atoms with Crippen molar-refractivity contribution >= 4 is 5.91 Å². The van der Waals surface area contributed by atoms with Gasteiger partial charge in [0.15, 0.2) is 0 Å². The van der Waals surface area contributed by atoms with Crippen molar-refractivity contribution in [3.05, 3.63) is 25.1 Å². The number of nitrogens with zero attached hydrogens (tertiary/aromatic N) is 2. The number of hydrogen-bond donors (Lipinski definition) is 1. The number of carbonyl (C=O) groups excluding carboxylic acids is 1. The van der Waals surface area contributed by atoms with E-state index in [1.54, 1.807) is 11.0 Å². The molecular formula is C13H19N3O. The molecule has 0 bridgehead atoms. The van der Waals surface area contributed by atoms with Crippen molar-refractivity contribution in [1.29, 1.82) is 0 Å². The molecule has 2 fully saturated rings. The minimum absolute atomic E-state index is 0.00486. The zero-order valence-corrected chi connectivity index (χ0v) is 10.0. The molecule has 0 aromatic carbocycles. The van der Waals surface area contributed by atoms with Gasteiger partial charge in [0.25, 0.3) is 5.91 Å². The molecule has 0 radical (unpaired) electrons. The lowest BCUT2D eigenvalue weighted by molar-refractivity contribution is -0.135. The second-order valence-corrected chi connectivity index (χ2v) is 5.11. The monoisotopic (exact) mass is 233 g/mol. The van der Waals surface area contributed by atoms with Crippen molar-refractivity contribution in [3.63, 3.8) is 0 Å². The first-order valence-corrected chi connectivity index (χ1v) is 6.45. The Hall–Kier alpha value is -1.29. The van der Waals surface area contributed by atoms with Gasteiger partial charge in [-0.1, -0.05) is 18.9 Å². The Morgan fingerprint density at radius 1 is 1.41 bits per heavy atom. The summed E-state index contributed by atoms with van der Waals surface area (Å²) in [7, 11) is 0. The summed E-state index contributed by atoms with van der Waals surface area (Å²) in [5.74, 6) is 0.697. The first-order valence-electron chi connectivity index (χ1n) is 6.45. The quantitative estimate of drug-likeness (QED) is 0.729. The molecule has 17 heavy (non-hydrogen) atoms. The van der Waals surface area contributed by atoms with E-state index in [0.717, 1.165) is 0 Å². The largest absolute Gasteiger partial charge is 0.312 e. The van der Waals surface area contributed by atoms with Crippen LogP contribution in [0.4, 0.5) is 0 Å². The molecule has 0 aromatic rings. The fraction of sp³-hybridized carbons (Fsp3) is 0.615. The average Bonchev–Trinajstić information content (AvgIpc) is 2.72. The van der Waals surface area contributed by atoms with E-state index >= 15 is 0 Å². The number of hydrogen-bond acceptors (Lipinski definition) is 3. The van der Waals surface area contributed by atoms with Crippen LogP contribution in [-0.4, -0.2) is 34.4 Å². The van der Waals surface area contributed by atoms with E-state index in [0.29, 0.717) is 18.5 Å². The number of nitrogens with one attached hydrogen (secondary N) is 1. The molecule has 1 aliphatic carbocycles. The molecule has 3 atom stereocenters. The smallest absolute Gasteiger partial charge is 0.251 e. The van der Waals surface area contributed by atoms with Gasteiger partial charge in [0.2, 0.25) is 0 Å². The third-order valence-corrected chi connectivity index (χ3v) is 4.11. The van der Waals surface area contributed by atoms with Gasteiger partial charge in [-0.3, -0.25) is 4.79 Å². The highest BCUT2D eigenvalue weighted by Gasteiger charge is 2.47. The lowest BCUT2D eigenvalue weighted by atomic mass is 9.81. The highest BCUT2D eigenvalue weighted by molar-refractivity contribution is 5.84. The number of hydrazine groups is 1. The highest BCUT2D eigenvalue weighted by atomic mass is 16.2. The van der Waals surface area contributed by atoms with Gasteiger partial charge in [-0.15, -0.1) is 6.58 Å². The van der Waals surface area contributed by atoms with Crippen molar-refractivity contribution < 1.29 is 4.79 Å². The zero-order chi connectivity index (χ0) is 11.8. The van der Waals surface area contributed by atoms with E-state index in [-0.39, 0.29) is 11.9 Å². The second kappa shape index (κ2) is 4.18. The molecule has 0 aromatic heterocycles. The van der Waals surface area contributed by atoms with Crippen LogP contribution in [0.5, 0.6) is 0 Å². The summed E-state index contributed by atoms with van der Waals surface area (Å²) >= 11 is 0. The Bertz CT molecular complexity index is 366. The summed E-state index contributed by atoms with van der Waals surface area (Å²) in [6.45, 7) is 4.31. The van der Waals surface area contributed by atoms with E-state index in [1.807, 2.05) is 17.4 Å². The van der Waals surface area contributed by atoms with Gasteiger partial charge in [0.05, 0.1) is 0 Å². The maximum atomic E-state index is 12.4. The molecule has 1 N–H and O–H groups in total. The van der Waals surface area contributed by atoms with Crippen LogP contribution in [0.25, 0.3) is 0 Å². The number of rotatable bonds is 2. The van der Waals surface area contributed by atoms with Crippen molar-refractivity contribution in [2.75, 3.05) is 6.54 Å². The lowest BCUT2D eigenvalue weighted by Crippen LogP contribution is -2.49. The van der Waals surface area contributed by atoms with Gasteiger partial charge in [0, 0.05) is 30.9 Å². The molecule has 2 heterocycles. The molecule has 4 nitrogen and oxygen atoms in total. The van der Waals surface area contributed by atoms with Crippen LogP contribution in [0.3, 0.4) is 0 Å². The van der Waals surface area contributed by atoms with Crippen LogP contribution >= 0.6 is 0 Å². The van der Waals surface area contributed by atoms with Gasteiger partial charge in [0.1, 0.15) is 6.04 Å². The van der Waals surface area contributed by atoms with Crippen molar-refractivity contribution in [2.45, 2.75) is 37.8 Å². The summed E-state index contributed by atoms with van der Waals surface area (Å²) in [6, 6.07) is 0.497. The molecule has 3 aliphatic rings. The fourth-order valence-electron chi connectivity index (χ4n) is 3.30. The Kier molecular flexibility index (Phi) is 2.67. The van der Waals surface area contributed by atoms with Gasteiger partial charge < -0.3 is 9.91 Å². The number of amides is 1. The topological polar surface area (TPSA) is 35.6 Å². The van der Waals surface area contributed by atoms with Crippen molar-refractivity contribution in [3.8, 4) is 0 Å². The Labute approximate surface area is 102 Å². The van der Waals surface area contributed by atoms with E-state index < -0.39 is 0 Å². The first kappa shape index (κ1) is 10.8. The van der Waals surface area contributed by atoms with Crippen LogP contribution in [-0.2, 0) is 4.79 Å². The standard InChI is InChI=1S/C13H19N3O/c1-2-7-15-8-9-16-12(13(15)17)10-5-3-4-6-11(10)14-16/h2,8-12,14H,1,3-7H2. The van der Waals surface area contributed by atoms with Crippen molar-refractivity contribution in [1.82, 2.24) is 15.3 Å². The van der Waals surface area contributed by atoms with Crippen LogP contribution in [0.2, 0.25) is 0 Å². The van der Waals surface area contributed by atoms with E-state index in [2.05, 4.69) is 12.0 Å². The van der Waals surface area contributed by atoms with E-state index in [4.69, 9.17) is 0 Å². The molecule has 3 rings (SSSR count). The molecule has 3 unspecified atom stereocenters. The summed E-state index contributed by atoms with van der Waals surface area (Å²) < 4.78 is 0. The molecule has 1 saturated heterocycles. The third kappa shape index (κ3) is 1.67. The highest BCUT2D eigenvalue weighted by Crippen LogP contribution is 2.36. The molecule has 92 valence electrons. The predicted molar refractivity (Wildman–Crippen MR) is 65.6 cm³/mol. The van der Waals surface area contributed by atoms with Crippen LogP contribution < -0.4 is 5.43 Å². The Balaban J connectivity index is 1.83. The predicted octanol–water partition coefficient (Wildman–Crippen LogP) is 1.23. The number of fused-ring (bicyclic) bond motifs is 3. The van der Waals surface area contributed by atoms with Crippen LogP contribution in [0.15, 0.2) is 25.1 Å². The Morgan fingerprint density at radius 2 is 2.24 bits per heavy atom. The normalized spacial score (nSPS) is 35.8. The molecule has 1 amide bonds. The summed E-state index contributed by atoms with van der Waals surface area (Å²) in [4.78, 5) is 14.2. The molecule has 4 heteroatoms. The molecule has 2 aliphatic heterocycles. The minimum Gasteiger partial charge on any atom is -0.312 e. The van der Waals surface area contributed by atoms with Gasteiger partial charge >= 0.3 is 0 Å². The minimum atomic E-state index is 0.00486. The molecule has 1 saturated carbocycles. The van der Waals surface area contributed by atoms with Gasteiger partial charge in [-0.2, -0.15) is 0 Å². The summed E-state index contributed by atoms with van der Waals surface area (Å²) in [6.07, 6.45) is 10.5. The zero-order valence-electron chi connectivity index (χ0n) is 10.0. The van der Waals surface area contributed by atoms with Gasteiger partial charge in [-0.25, -0.2) is 5.43 Å². The lowest BCUT2D eigenvalue weighted by Gasteiger charge is -2.33. The van der Waals surface area contributed by atoms with E-state index in [1.165, 1.54) is 25.7 Å². The van der Waals surface area contributed by atoms with E-state index in [9.17, 15) is 4.79 Å². The maximum Gasteiger partial charge on any atom is 0.251 e. The first-order chi connectivity index (χ1) is 8.31. The number of carbonyl (C=O) groups is 1. The second-order valence-electron chi connectivity index (χ2n) is 5.11. The maximum absolute atomic E-state index is 12.4. The van der Waals surface area contributed by atoms with Crippen LogP contribution in [0, 0.1) is 5.92 Å². The van der Waals surface area contributed by atoms with Crippen LogP contribution in [0.1, 0.15) is 25.7 Å². The molecular weight excluding hydrogens is 214 g/mol. The third-order valence-electron chi connectivity index (χ3n) is 4.11. The van der Waals surface area contributed by atoms with Gasteiger partial charge in [-0.05, 0) is 12.8 Å². The summed E-state index contributed by atoms with van der Waals surface area (Å²) in [5, 5.41) is 2.02. The molecule has 0 spiro atoms. The van der Waals surface area contributed by atoms with Crippen molar-refractivity contribution in [2.24, 2.45) is 5.92 Å². The SMILES string of the molecule is C=CCN1C=CN2NC3CCCCC3C2C1=O. The Morgan fingerprint density at radius 3 is 3.06 bits per heavy atom. The fourth-order valence-corrected chi connectivity index (χ4v) is 3.30. The average molecular weight is 233 g/mol.